The van der Waals surface area contributed by atoms with E-state index in [2.05, 4.69) is 26.1 Å². The Morgan fingerprint density at radius 1 is 1.26 bits per heavy atom. The van der Waals surface area contributed by atoms with Crippen LogP contribution in [0.4, 0.5) is 17.1 Å². The molecule has 3 aliphatic heterocycles. The van der Waals surface area contributed by atoms with E-state index < -0.39 is 5.97 Å². The molecule has 1 aromatic heterocycles. The first-order chi connectivity index (χ1) is 15.2. The molecule has 1 saturated heterocycles. The van der Waals surface area contributed by atoms with E-state index in [-0.39, 0.29) is 0 Å². The first kappa shape index (κ1) is 19.5. The van der Waals surface area contributed by atoms with E-state index in [1.165, 1.54) is 0 Å². The predicted molar refractivity (Wildman–Crippen MR) is 116 cm³/mol. The first-order valence-electron chi connectivity index (χ1n) is 10.1. The molecule has 10 heteroatoms. The molecule has 0 saturated carbocycles. The summed E-state index contributed by atoms with van der Waals surface area (Å²) < 4.78 is 16.2. The Balaban J connectivity index is 1.38. The summed E-state index contributed by atoms with van der Waals surface area (Å²) in [5, 5.41) is 6.56. The number of hydroxylamine groups is 1. The van der Waals surface area contributed by atoms with Gasteiger partial charge in [0.1, 0.15) is 11.6 Å². The molecule has 3 aliphatic rings. The van der Waals surface area contributed by atoms with E-state index >= 15 is 0 Å². The van der Waals surface area contributed by atoms with Gasteiger partial charge in [-0.3, -0.25) is 4.90 Å². The van der Waals surface area contributed by atoms with Gasteiger partial charge in [0.15, 0.2) is 6.73 Å². The van der Waals surface area contributed by atoms with Gasteiger partial charge >= 0.3 is 5.97 Å². The summed E-state index contributed by atoms with van der Waals surface area (Å²) in [5.74, 6) is 0.996. The smallest absolute Gasteiger partial charge is 0.351 e. The molecule has 0 amide bonds. The van der Waals surface area contributed by atoms with Gasteiger partial charge in [0, 0.05) is 38.0 Å². The van der Waals surface area contributed by atoms with Gasteiger partial charge in [-0.25, -0.2) is 20.3 Å². The molecule has 2 aromatic rings. The van der Waals surface area contributed by atoms with Crippen LogP contribution < -0.4 is 30.5 Å². The number of fused-ring (bicyclic) bond motifs is 3. The zero-order valence-corrected chi connectivity index (χ0v) is 17.3. The number of hydrogen-bond acceptors (Lipinski definition) is 10. The summed E-state index contributed by atoms with van der Waals surface area (Å²) in [6.45, 7) is 3.64. The van der Waals surface area contributed by atoms with Crippen molar-refractivity contribution in [1.29, 1.82) is 0 Å². The maximum absolute atomic E-state index is 5.93. The predicted octanol–water partition coefficient (Wildman–Crippen LogP) is 2.64. The molecule has 1 unspecified atom stereocenters. The van der Waals surface area contributed by atoms with Crippen LogP contribution >= 0.6 is 0 Å². The van der Waals surface area contributed by atoms with Gasteiger partial charge < -0.3 is 24.8 Å². The molecule has 1 atom stereocenters. The van der Waals surface area contributed by atoms with Crippen molar-refractivity contribution < 1.29 is 19.0 Å². The van der Waals surface area contributed by atoms with E-state index in [9.17, 15) is 0 Å². The highest BCUT2D eigenvalue weighted by Gasteiger charge is 2.49. The third kappa shape index (κ3) is 3.60. The van der Waals surface area contributed by atoms with Crippen LogP contribution in [0.3, 0.4) is 0 Å². The van der Waals surface area contributed by atoms with E-state index in [1.807, 2.05) is 42.2 Å². The number of methoxy groups -OCH3 is 1. The molecule has 2 bridgehead atoms. The Bertz CT molecular complexity index is 1030. The highest BCUT2D eigenvalue weighted by atomic mass is 16.7. The van der Waals surface area contributed by atoms with Crippen LogP contribution in [0.1, 0.15) is 13.3 Å². The maximum atomic E-state index is 5.93. The molecule has 10 nitrogen and oxygen atoms in total. The van der Waals surface area contributed by atoms with Crippen molar-refractivity contribution in [2.45, 2.75) is 19.3 Å². The van der Waals surface area contributed by atoms with Crippen LogP contribution in [0.15, 0.2) is 52.9 Å². The Morgan fingerprint density at radius 2 is 2.19 bits per heavy atom. The average molecular weight is 424 g/mol. The van der Waals surface area contributed by atoms with Crippen LogP contribution in [-0.4, -0.2) is 44.2 Å². The summed E-state index contributed by atoms with van der Waals surface area (Å²) in [5.41, 5.74) is 6.52. The zero-order chi connectivity index (χ0) is 21.3. The summed E-state index contributed by atoms with van der Waals surface area (Å²) in [7, 11) is 1.67. The number of nitrogens with one attached hydrogen (secondary N) is 3. The Labute approximate surface area is 179 Å². The van der Waals surface area contributed by atoms with Crippen molar-refractivity contribution in [3.05, 3.63) is 47.9 Å². The van der Waals surface area contributed by atoms with E-state index in [4.69, 9.17) is 19.0 Å². The van der Waals surface area contributed by atoms with Crippen LogP contribution in [0.2, 0.25) is 0 Å². The van der Waals surface area contributed by atoms with Gasteiger partial charge in [-0.2, -0.15) is 0 Å². The SMILES string of the molecule is COCCCOc1ccc(NC23N=CC(C)=C(NO2)N3c2ccc3c(c2)NCO3)cn1. The molecule has 3 N–H and O–H groups in total. The standard InChI is InChI=1S/C21H24N6O4/c1-14-11-24-21(25-15-4-7-19(22-12-15)29-9-3-8-28-2)27(20(14)26-31-21)16-5-6-18-17(10-16)23-13-30-18/h4-7,10-12,23,25-26H,3,8-9,13H2,1-2H3. The minimum atomic E-state index is -1.19. The van der Waals surface area contributed by atoms with Gasteiger partial charge in [0.25, 0.3) is 0 Å². The summed E-state index contributed by atoms with van der Waals surface area (Å²) in [4.78, 5) is 16.9. The number of aromatic nitrogens is 1. The molecule has 0 spiro atoms. The second-order valence-electron chi connectivity index (χ2n) is 7.29. The van der Waals surface area contributed by atoms with Crippen molar-refractivity contribution >= 4 is 23.3 Å². The fourth-order valence-electron chi connectivity index (χ4n) is 3.59. The molecule has 0 aliphatic carbocycles. The number of nitrogens with zero attached hydrogens (tertiary/aromatic N) is 3. The summed E-state index contributed by atoms with van der Waals surface area (Å²) >= 11 is 0. The lowest BCUT2D eigenvalue weighted by Gasteiger charge is -2.36. The van der Waals surface area contributed by atoms with Gasteiger partial charge in [0.05, 0.1) is 29.9 Å². The fourth-order valence-corrected chi connectivity index (χ4v) is 3.59. The quantitative estimate of drug-likeness (QED) is 0.552. The van der Waals surface area contributed by atoms with Crippen LogP contribution in [0.5, 0.6) is 11.6 Å². The molecule has 4 heterocycles. The van der Waals surface area contributed by atoms with Gasteiger partial charge in [0.2, 0.25) is 5.88 Å². The van der Waals surface area contributed by atoms with E-state index in [1.54, 1.807) is 19.5 Å². The molecule has 162 valence electrons. The Hall–Kier alpha value is -3.50. The number of benzene rings is 1. The molecule has 5 rings (SSSR count). The third-order valence-corrected chi connectivity index (χ3v) is 5.12. The highest BCUT2D eigenvalue weighted by Crippen LogP contribution is 2.42. The topological polar surface area (TPSA) is 102 Å². The second-order valence-corrected chi connectivity index (χ2v) is 7.29. The monoisotopic (exact) mass is 424 g/mol. The maximum Gasteiger partial charge on any atom is 0.351 e. The van der Waals surface area contributed by atoms with Gasteiger partial charge in [-0.05, 0) is 31.2 Å². The van der Waals surface area contributed by atoms with Gasteiger partial charge in [-0.1, -0.05) is 0 Å². The first-order valence-corrected chi connectivity index (χ1v) is 10.1. The normalized spacial score (nSPS) is 20.8. The molecular weight excluding hydrogens is 400 g/mol. The molecule has 31 heavy (non-hydrogen) atoms. The Kier molecular flexibility index (Phi) is 5.00. The van der Waals surface area contributed by atoms with Crippen molar-refractivity contribution in [2.24, 2.45) is 4.99 Å². The number of aliphatic imine (C=N–C) groups is 1. The van der Waals surface area contributed by atoms with Crippen LogP contribution in [0.25, 0.3) is 0 Å². The number of anilines is 3. The Morgan fingerprint density at radius 3 is 3.03 bits per heavy atom. The molecule has 0 radical (unpaired) electrons. The van der Waals surface area contributed by atoms with Crippen LogP contribution in [-0.2, 0) is 9.57 Å². The number of ether oxygens (including phenoxy) is 3. The third-order valence-electron chi connectivity index (χ3n) is 5.12. The minimum Gasteiger partial charge on any atom is -0.478 e. The lowest BCUT2D eigenvalue weighted by molar-refractivity contribution is -0.0214. The largest absolute Gasteiger partial charge is 0.478 e. The summed E-state index contributed by atoms with van der Waals surface area (Å²) in [6, 6.07) is 9.61. The van der Waals surface area contributed by atoms with Crippen molar-refractivity contribution in [1.82, 2.24) is 10.5 Å². The molecule has 1 fully saturated rings. The lowest BCUT2D eigenvalue weighted by atomic mass is 10.2. The van der Waals surface area contributed by atoms with Crippen molar-refractivity contribution in [3.63, 3.8) is 0 Å². The van der Waals surface area contributed by atoms with Crippen molar-refractivity contribution in [3.8, 4) is 11.6 Å². The van der Waals surface area contributed by atoms with Crippen molar-refractivity contribution in [2.75, 3.05) is 42.6 Å². The average Bonchev–Trinajstić information content (AvgIpc) is 3.37. The number of rotatable bonds is 8. The van der Waals surface area contributed by atoms with E-state index in [0.29, 0.717) is 25.8 Å². The minimum absolute atomic E-state index is 0.461. The summed E-state index contributed by atoms with van der Waals surface area (Å²) in [6.07, 6.45) is 4.28. The van der Waals surface area contributed by atoms with Crippen LogP contribution in [0, 0.1) is 0 Å². The second kappa shape index (κ2) is 7.97. The molecule has 1 aromatic carbocycles. The highest BCUT2D eigenvalue weighted by molar-refractivity contribution is 5.84. The molecular formula is C21H24N6O4. The number of hydrogen-bond donors (Lipinski definition) is 3. The number of pyridine rings is 1. The zero-order valence-electron chi connectivity index (χ0n) is 17.3. The van der Waals surface area contributed by atoms with Gasteiger partial charge in [-0.15, -0.1) is 0 Å². The lowest BCUT2D eigenvalue weighted by Crippen LogP contribution is -2.51. The van der Waals surface area contributed by atoms with E-state index in [0.717, 1.165) is 40.6 Å². The fraction of sp³-hybridized carbons (Fsp3) is 0.333. The number of allylic oxidation sites excluding steroid dienone is 1.